The molecule has 37 heavy (non-hydrogen) atoms. The fourth-order valence-electron chi connectivity index (χ4n) is 10.2. The number of fused-ring (bicyclic) bond motifs is 7. The molecule has 208 valence electrons. The standard InChI is InChI=1S/C29H41F3O5/c1-15-7-10-28(35-14-15)16(2)24-22(37-28)12-21-19-6-5-17-11-18(36-25(34)29(30,31)32)8-9-26(17,3)20(19)13-23(33)27(21,24)4/h15-22,24H,5-14H2,1-4H3. The molecule has 6 aliphatic rings. The molecule has 1 spiro atoms. The van der Waals surface area contributed by atoms with E-state index in [0.29, 0.717) is 49.9 Å². The average molecular weight is 527 g/mol. The van der Waals surface area contributed by atoms with Crippen molar-refractivity contribution < 1.29 is 37.0 Å². The third kappa shape index (κ3) is 3.70. The molecule has 0 bridgehead atoms. The average Bonchev–Trinajstić information content (AvgIpc) is 3.27. The van der Waals surface area contributed by atoms with E-state index < -0.39 is 29.5 Å². The van der Waals surface area contributed by atoms with E-state index in [-0.39, 0.29) is 41.1 Å². The second-order valence-electron chi connectivity index (χ2n) is 13.8. The van der Waals surface area contributed by atoms with E-state index in [1.165, 1.54) is 0 Å². The van der Waals surface area contributed by atoms with Crippen LogP contribution >= 0.6 is 0 Å². The summed E-state index contributed by atoms with van der Waals surface area (Å²) in [6.45, 7) is 9.59. The highest BCUT2D eigenvalue weighted by molar-refractivity contribution is 5.87. The second-order valence-corrected chi connectivity index (χ2v) is 13.8. The zero-order valence-corrected chi connectivity index (χ0v) is 22.4. The molecule has 0 N–H and O–H groups in total. The van der Waals surface area contributed by atoms with Crippen LogP contribution in [0.1, 0.15) is 85.5 Å². The molecule has 2 aliphatic heterocycles. The van der Waals surface area contributed by atoms with Crippen molar-refractivity contribution in [2.45, 2.75) is 110 Å². The van der Waals surface area contributed by atoms with Crippen molar-refractivity contribution in [3.8, 4) is 0 Å². The summed E-state index contributed by atoms with van der Waals surface area (Å²) in [5, 5.41) is 0. The summed E-state index contributed by atoms with van der Waals surface area (Å²) in [6.07, 6.45) is 1.28. The predicted octanol–water partition coefficient (Wildman–Crippen LogP) is 6.09. The Kier molecular flexibility index (Phi) is 5.94. The van der Waals surface area contributed by atoms with E-state index in [0.717, 1.165) is 32.1 Å². The van der Waals surface area contributed by atoms with Gasteiger partial charge in [0.2, 0.25) is 0 Å². The number of carbonyl (C=O) groups is 2. The molecule has 6 rings (SSSR count). The van der Waals surface area contributed by atoms with Crippen LogP contribution in [0.4, 0.5) is 13.2 Å². The Morgan fingerprint density at radius 2 is 1.78 bits per heavy atom. The van der Waals surface area contributed by atoms with Crippen molar-refractivity contribution in [3.63, 3.8) is 0 Å². The highest BCUT2D eigenvalue weighted by Crippen LogP contribution is 2.70. The number of alkyl halides is 3. The zero-order chi connectivity index (χ0) is 26.5. The molecule has 5 nitrogen and oxygen atoms in total. The molecule has 0 radical (unpaired) electrons. The maximum Gasteiger partial charge on any atom is 0.490 e. The first-order valence-corrected chi connectivity index (χ1v) is 14.4. The number of carbonyl (C=O) groups excluding carboxylic acids is 2. The summed E-state index contributed by atoms with van der Waals surface area (Å²) >= 11 is 0. The monoisotopic (exact) mass is 526 g/mol. The number of Topliss-reactive ketones (excluding diaryl/α,β-unsaturated/α-hetero) is 1. The molecule has 4 saturated carbocycles. The number of ether oxygens (including phenoxy) is 3. The van der Waals surface area contributed by atoms with Crippen LogP contribution in [0.2, 0.25) is 0 Å². The topological polar surface area (TPSA) is 61.8 Å². The molecule has 0 aromatic heterocycles. The van der Waals surface area contributed by atoms with Gasteiger partial charge in [-0.25, -0.2) is 4.79 Å². The van der Waals surface area contributed by atoms with Crippen molar-refractivity contribution in [1.29, 1.82) is 0 Å². The Morgan fingerprint density at radius 1 is 1.03 bits per heavy atom. The van der Waals surface area contributed by atoms with Gasteiger partial charge in [0.15, 0.2) is 5.79 Å². The largest absolute Gasteiger partial charge is 0.490 e. The Balaban J connectivity index is 1.20. The lowest BCUT2D eigenvalue weighted by Gasteiger charge is -2.60. The lowest BCUT2D eigenvalue weighted by molar-refractivity contribution is -0.272. The molecule has 2 saturated heterocycles. The minimum absolute atomic E-state index is 0.0455. The molecular formula is C29H41F3O5. The van der Waals surface area contributed by atoms with Crippen molar-refractivity contribution in [2.75, 3.05) is 6.61 Å². The molecule has 0 aromatic rings. The van der Waals surface area contributed by atoms with E-state index >= 15 is 0 Å². The number of hydrogen-bond acceptors (Lipinski definition) is 5. The first-order chi connectivity index (χ1) is 17.3. The van der Waals surface area contributed by atoms with Gasteiger partial charge in [-0.2, -0.15) is 13.2 Å². The summed E-state index contributed by atoms with van der Waals surface area (Å²) in [6, 6.07) is 0. The molecule has 2 heterocycles. The van der Waals surface area contributed by atoms with Crippen LogP contribution in [-0.2, 0) is 23.8 Å². The summed E-state index contributed by atoms with van der Waals surface area (Å²) in [5.74, 6) is -0.331. The number of halogens is 3. The summed E-state index contributed by atoms with van der Waals surface area (Å²) in [5.41, 5.74) is -0.529. The molecule has 0 amide bonds. The maximum absolute atomic E-state index is 14.1. The van der Waals surface area contributed by atoms with Crippen LogP contribution in [0.25, 0.3) is 0 Å². The zero-order valence-electron chi connectivity index (χ0n) is 22.4. The van der Waals surface area contributed by atoms with Crippen molar-refractivity contribution in [1.82, 2.24) is 0 Å². The van der Waals surface area contributed by atoms with Gasteiger partial charge in [-0.15, -0.1) is 0 Å². The number of esters is 1. The molecule has 12 atom stereocenters. The number of ketones is 1. The van der Waals surface area contributed by atoms with Crippen LogP contribution in [0.3, 0.4) is 0 Å². The van der Waals surface area contributed by atoms with Crippen LogP contribution < -0.4 is 0 Å². The van der Waals surface area contributed by atoms with E-state index in [2.05, 4.69) is 27.7 Å². The van der Waals surface area contributed by atoms with Gasteiger partial charge in [0.1, 0.15) is 11.9 Å². The third-order valence-electron chi connectivity index (χ3n) is 12.3. The highest BCUT2D eigenvalue weighted by Gasteiger charge is 2.71. The number of hydrogen-bond donors (Lipinski definition) is 0. The van der Waals surface area contributed by atoms with Crippen LogP contribution in [-0.4, -0.2) is 42.5 Å². The van der Waals surface area contributed by atoms with Crippen LogP contribution in [0, 0.1) is 52.3 Å². The van der Waals surface area contributed by atoms with Crippen molar-refractivity contribution in [2.24, 2.45) is 52.3 Å². The Labute approximate surface area is 217 Å². The van der Waals surface area contributed by atoms with Crippen LogP contribution in [0.15, 0.2) is 0 Å². The van der Waals surface area contributed by atoms with Gasteiger partial charge in [0.25, 0.3) is 0 Å². The van der Waals surface area contributed by atoms with E-state index in [1.54, 1.807) is 0 Å². The minimum atomic E-state index is -4.96. The van der Waals surface area contributed by atoms with Gasteiger partial charge < -0.3 is 14.2 Å². The Morgan fingerprint density at radius 3 is 2.46 bits per heavy atom. The summed E-state index contributed by atoms with van der Waals surface area (Å²) < 4.78 is 56.3. The maximum atomic E-state index is 14.1. The molecule has 4 aliphatic carbocycles. The minimum Gasteiger partial charge on any atom is -0.456 e. The first-order valence-electron chi connectivity index (χ1n) is 14.4. The van der Waals surface area contributed by atoms with E-state index in [4.69, 9.17) is 14.2 Å². The van der Waals surface area contributed by atoms with E-state index in [9.17, 15) is 22.8 Å². The Bertz CT molecular complexity index is 958. The Hall–Kier alpha value is -1.15. The fourth-order valence-corrected chi connectivity index (χ4v) is 10.2. The molecule has 8 heteroatoms. The van der Waals surface area contributed by atoms with Crippen molar-refractivity contribution in [3.05, 3.63) is 0 Å². The van der Waals surface area contributed by atoms with Gasteiger partial charge in [0.05, 0.1) is 12.7 Å². The van der Waals surface area contributed by atoms with Crippen LogP contribution in [0.5, 0.6) is 0 Å². The fraction of sp³-hybridized carbons (Fsp3) is 0.931. The number of rotatable bonds is 1. The lowest BCUT2D eigenvalue weighted by atomic mass is 9.44. The summed E-state index contributed by atoms with van der Waals surface area (Å²) in [7, 11) is 0. The smallest absolute Gasteiger partial charge is 0.456 e. The quantitative estimate of drug-likeness (QED) is 0.387. The second kappa shape index (κ2) is 8.42. The lowest BCUT2D eigenvalue weighted by Crippen LogP contribution is -2.58. The molecular weight excluding hydrogens is 485 g/mol. The van der Waals surface area contributed by atoms with E-state index in [1.807, 2.05) is 0 Å². The van der Waals surface area contributed by atoms with Crippen molar-refractivity contribution >= 4 is 11.8 Å². The van der Waals surface area contributed by atoms with Gasteiger partial charge in [-0.05, 0) is 80.0 Å². The predicted molar refractivity (Wildman–Crippen MR) is 128 cm³/mol. The first kappa shape index (κ1) is 26.1. The van der Waals surface area contributed by atoms with Gasteiger partial charge >= 0.3 is 12.1 Å². The van der Waals surface area contributed by atoms with Gasteiger partial charge in [-0.1, -0.05) is 27.7 Å². The third-order valence-corrected chi connectivity index (χ3v) is 12.3. The van der Waals surface area contributed by atoms with Gasteiger partial charge in [-0.3, -0.25) is 4.79 Å². The molecule has 12 unspecified atom stereocenters. The normalized spacial score (nSPS) is 53.3. The molecule has 6 fully saturated rings. The SMILES string of the molecule is CC1CCC2(OC1)OC1CC3C4CCC5CC(OC(=O)C(F)(F)F)CCC5(C)C4CC(=O)C3(C)C1C2C. The highest BCUT2D eigenvalue weighted by atomic mass is 19.4. The molecule has 0 aromatic carbocycles. The summed E-state index contributed by atoms with van der Waals surface area (Å²) in [4.78, 5) is 25.6. The van der Waals surface area contributed by atoms with Gasteiger partial charge in [0, 0.05) is 30.1 Å².